The molecule has 0 amide bonds. The Kier molecular flexibility index (Phi) is 4.39. The van der Waals surface area contributed by atoms with Crippen molar-refractivity contribution in [3.63, 3.8) is 0 Å². The average molecular weight is 263 g/mol. The van der Waals surface area contributed by atoms with E-state index in [4.69, 9.17) is 4.74 Å². The zero-order chi connectivity index (χ0) is 13.8. The number of fused-ring (bicyclic) bond motifs is 1. The highest BCUT2D eigenvalue weighted by molar-refractivity contribution is 5.56. The minimum Gasteiger partial charge on any atom is -0.390 e. The maximum atomic E-state index is 9.64. The fraction of sp³-hybridized carbons (Fsp3) is 0.500. The lowest BCUT2D eigenvalue weighted by molar-refractivity contribution is 0.181. The van der Waals surface area contributed by atoms with Crippen LogP contribution in [0, 0.1) is 0 Å². The van der Waals surface area contributed by atoms with Crippen LogP contribution in [-0.4, -0.2) is 40.8 Å². The number of pyridine rings is 1. The Morgan fingerprint density at radius 3 is 2.89 bits per heavy atom. The molecule has 0 aliphatic heterocycles. The van der Waals surface area contributed by atoms with E-state index in [0.717, 1.165) is 23.7 Å². The van der Waals surface area contributed by atoms with Gasteiger partial charge in [0, 0.05) is 19.9 Å². The van der Waals surface area contributed by atoms with Crippen molar-refractivity contribution in [2.24, 2.45) is 0 Å². The Morgan fingerprint density at radius 1 is 1.47 bits per heavy atom. The third kappa shape index (κ3) is 2.57. The van der Waals surface area contributed by atoms with Crippen LogP contribution in [0.2, 0.25) is 0 Å². The quantitative estimate of drug-likeness (QED) is 0.861. The second kappa shape index (κ2) is 6.04. The predicted molar refractivity (Wildman–Crippen MR) is 75.5 cm³/mol. The molecule has 0 saturated heterocycles. The first kappa shape index (κ1) is 13.8. The Balaban J connectivity index is 2.47. The summed E-state index contributed by atoms with van der Waals surface area (Å²) in [5, 5.41) is 9.64. The zero-order valence-electron chi connectivity index (χ0n) is 11.7. The second-order valence-corrected chi connectivity index (χ2v) is 4.56. The number of imidazole rings is 1. The number of likely N-dealkylation sites (N-methyl/N-ethyl adjacent to an activating group) is 1. The minimum atomic E-state index is -0.0310. The predicted octanol–water partition coefficient (Wildman–Crippen LogP) is 1.69. The van der Waals surface area contributed by atoms with E-state index < -0.39 is 0 Å². The summed E-state index contributed by atoms with van der Waals surface area (Å²) >= 11 is 0. The maximum absolute atomic E-state index is 9.64. The summed E-state index contributed by atoms with van der Waals surface area (Å²) in [6, 6.07) is 6.04. The molecule has 2 aromatic rings. The van der Waals surface area contributed by atoms with Gasteiger partial charge in [-0.3, -0.25) is 4.40 Å². The van der Waals surface area contributed by atoms with Gasteiger partial charge in [-0.25, -0.2) is 4.98 Å². The van der Waals surface area contributed by atoms with Crippen molar-refractivity contribution in [2.45, 2.75) is 26.5 Å². The van der Waals surface area contributed by atoms with Crippen molar-refractivity contribution in [1.82, 2.24) is 9.38 Å². The summed E-state index contributed by atoms with van der Waals surface area (Å²) in [5.74, 6) is 0.834. The molecule has 0 saturated carbocycles. The molecule has 0 fully saturated rings. The number of aromatic nitrogens is 2. The van der Waals surface area contributed by atoms with Crippen LogP contribution in [0.4, 0.5) is 5.82 Å². The molecule has 104 valence electrons. The Hall–Kier alpha value is -1.59. The van der Waals surface area contributed by atoms with Crippen LogP contribution in [0.3, 0.4) is 0 Å². The SMILES string of the molecule is CCN(c1nc2ccccn2c1CO)C(C)COC. The van der Waals surface area contributed by atoms with E-state index >= 15 is 0 Å². The van der Waals surface area contributed by atoms with Gasteiger partial charge in [0.2, 0.25) is 0 Å². The van der Waals surface area contributed by atoms with Crippen molar-refractivity contribution in [1.29, 1.82) is 0 Å². The largest absolute Gasteiger partial charge is 0.390 e. The number of methoxy groups -OCH3 is 1. The van der Waals surface area contributed by atoms with Crippen LogP contribution >= 0.6 is 0 Å². The van der Waals surface area contributed by atoms with E-state index in [1.54, 1.807) is 7.11 Å². The molecule has 1 unspecified atom stereocenters. The average Bonchev–Trinajstić information content (AvgIpc) is 2.78. The molecule has 5 nitrogen and oxygen atoms in total. The van der Waals surface area contributed by atoms with Gasteiger partial charge >= 0.3 is 0 Å². The molecule has 0 radical (unpaired) electrons. The lowest BCUT2D eigenvalue weighted by Crippen LogP contribution is -2.37. The molecular weight excluding hydrogens is 242 g/mol. The first-order valence-corrected chi connectivity index (χ1v) is 6.55. The van der Waals surface area contributed by atoms with Gasteiger partial charge in [0.1, 0.15) is 5.65 Å². The summed E-state index contributed by atoms with van der Waals surface area (Å²) in [6.07, 6.45) is 1.92. The first-order valence-electron chi connectivity index (χ1n) is 6.55. The molecule has 19 heavy (non-hydrogen) atoms. The van der Waals surface area contributed by atoms with Crippen LogP contribution in [0.1, 0.15) is 19.5 Å². The smallest absolute Gasteiger partial charge is 0.153 e. The highest BCUT2D eigenvalue weighted by Gasteiger charge is 2.20. The molecule has 0 aliphatic rings. The van der Waals surface area contributed by atoms with Gasteiger partial charge in [-0.1, -0.05) is 6.07 Å². The molecule has 0 bridgehead atoms. The Labute approximate surface area is 113 Å². The standard InChI is InChI=1S/C14H21N3O2/c1-4-16(11(2)10-19-3)14-12(9-18)17-8-6-5-7-13(17)15-14/h5-8,11,18H,4,9-10H2,1-3H3. The fourth-order valence-corrected chi connectivity index (χ4v) is 2.41. The third-order valence-electron chi connectivity index (χ3n) is 3.31. The molecule has 2 heterocycles. The van der Waals surface area contributed by atoms with E-state index in [9.17, 15) is 5.11 Å². The fourth-order valence-electron chi connectivity index (χ4n) is 2.41. The number of ether oxygens (including phenoxy) is 1. The number of aliphatic hydroxyl groups excluding tert-OH is 1. The normalized spacial score (nSPS) is 12.8. The van der Waals surface area contributed by atoms with E-state index in [1.165, 1.54) is 0 Å². The molecule has 2 aromatic heterocycles. The van der Waals surface area contributed by atoms with Gasteiger partial charge in [0.25, 0.3) is 0 Å². The Bertz CT molecular complexity index is 538. The number of nitrogens with zero attached hydrogens (tertiary/aromatic N) is 3. The lowest BCUT2D eigenvalue weighted by atomic mass is 10.2. The van der Waals surface area contributed by atoms with E-state index in [0.29, 0.717) is 6.61 Å². The van der Waals surface area contributed by atoms with Gasteiger partial charge in [-0.05, 0) is 26.0 Å². The van der Waals surface area contributed by atoms with E-state index in [1.807, 2.05) is 28.8 Å². The van der Waals surface area contributed by atoms with Crippen molar-refractivity contribution in [3.05, 3.63) is 30.1 Å². The number of anilines is 1. The van der Waals surface area contributed by atoms with Gasteiger partial charge in [0.05, 0.1) is 24.9 Å². The van der Waals surface area contributed by atoms with Crippen LogP contribution in [-0.2, 0) is 11.3 Å². The summed E-state index contributed by atoms with van der Waals surface area (Å²) < 4.78 is 7.14. The Morgan fingerprint density at radius 2 is 2.26 bits per heavy atom. The molecule has 0 aromatic carbocycles. The topological polar surface area (TPSA) is 50.0 Å². The van der Waals surface area contributed by atoms with Crippen LogP contribution in [0.5, 0.6) is 0 Å². The number of hydrogen-bond donors (Lipinski definition) is 1. The van der Waals surface area contributed by atoms with Crippen molar-refractivity contribution in [3.8, 4) is 0 Å². The molecule has 0 aliphatic carbocycles. The monoisotopic (exact) mass is 263 g/mol. The van der Waals surface area contributed by atoms with Crippen molar-refractivity contribution >= 4 is 11.5 Å². The number of hydrogen-bond acceptors (Lipinski definition) is 4. The molecule has 1 N–H and O–H groups in total. The highest BCUT2D eigenvalue weighted by atomic mass is 16.5. The minimum absolute atomic E-state index is 0.0310. The van der Waals surface area contributed by atoms with Gasteiger partial charge < -0.3 is 14.7 Å². The van der Waals surface area contributed by atoms with Crippen LogP contribution in [0.25, 0.3) is 5.65 Å². The van der Waals surface area contributed by atoms with Crippen LogP contribution < -0.4 is 4.90 Å². The summed E-state index contributed by atoms with van der Waals surface area (Å²) in [7, 11) is 1.70. The van der Waals surface area contributed by atoms with E-state index in [-0.39, 0.29) is 12.6 Å². The van der Waals surface area contributed by atoms with Crippen molar-refractivity contribution in [2.75, 3.05) is 25.2 Å². The maximum Gasteiger partial charge on any atom is 0.153 e. The molecule has 5 heteroatoms. The molecular formula is C14H21N3O2. The first-order chi connectivity index (χ1) is 9.22. The number of rotatable bonds is 6. The van der Waals surface area contributed by atoms with Gasteiger partial charge in [-0.15, -0.1) is 0 Å². The highest BCUT2D eigenvalue weighted by Crippen LogP contribution is 2.23. The molecule has 2 rings (SSSR count). The third-order valence-corrected chi connectivity index (χ3v) is 3.31. The van der Waals surface area contributed by atoms with E-state index in [2.05, 4.69) is 23.7 Å². The van der Waals surface area contributed by atoms with Crippen molar-refractivity contribution < 1.29 is 9.84 Å². The molecule has 0 spiro atoms. The zero-order valence-corrected chi connectivity index (χ0v) is 11.7. The van der Waals surface area contributed by atoms with Crippen LogP contribution in [0.15, 0.2) is 24.4 Å². The van der Waals surface area contributed by atoms with Gasteiger partial charge in [-0.2, -0.15) is 0 Å². The number of aliphatic hydroxyl groups is 1. The summed E-state index contributed by atoms with van der Waals surface area (Å²) in [6.45, 7) is 5.60. The molecule has 1 atom stereocenters. The van der Waals surface area contributed by atoms with Gasteiger partial charge in [0.15, 0.2) is 5.82 Å². The summed E-state index contributed by atoms with van der Waals surface area (Å²) in [5.41, 5.74) is 1.67. The second-order valence-electron chi connectivity index (χ2n) is 4.56. The lowest BCUT2D eigenvalue weighted by Gasteiger charge is -2.28. The summed E-state index contributed by atoms with van der Waals surface area (Å²) in [4.78, 5) is 6.79.